The molecule has 0 fully saturated rings. The van der Waals surface area contributed by atoms with E-state index >= 15 is 0 Å². The average molecular weight is 238 g/mol. The lowest BCUT2D eigenvalue weighted by Gasteiger charge is -2.15. The molecule has 3 nitrogen and oxygen atoms in total. The average Bonchev–Trinajstić information content (AvgIpc) is 2.25. The van der Waals surface area contributed by atoms with Gasteiger partial charge in [-0.15, -0.1) is 0 Å². The quantitative estimate of drug-likeness (QED) is 0.857. The van der Waals surface area contributed by atoms with Gasteiger partial charge in [0.05, 0.1) is 4.88 Å². The molecule has 88 valence electrons. The monoisotopic (exact) mass is 238 g/mol. The fraction of sp³-hybridized carbons (Fsp3) is 0.333. The first-order valence-electron chi connectivity index (χ1n) is 5.08. The van der Waals surface area contributed by atoms with Crippen LogP contribution in [0.1, 0.15) is 24.2 Å². The molecule has 0 saturated heterocycles. The van der Waals surface area contributed by atoms with Crippen LogP contribution in [-0.2, 0) is 7.05 Å². The number of hydrogen-bond acceptors (Lipinski definition) is 2. The van der Waals surface area contributed by atoms with Crippen LogP contribution < -0.4 is 5.73 Å². The fourth-order valence-corrected chi connectivity index (χ4v) is 2.46. The summed E-state index contributed by atoms with van der Waals surface area (Å²) in [6.07, 6.45) is 0. The van der Waals surface area contributed by atoms with Gasteiger partial charge >= 0.3 is 0 Å². The molecular weight excluding hydrogens is 220 g/mol. The van der Waals surface area contributed by atoms with E-state index in [1.54, 1.807) is 11.5 Å². The van der Waals surface area contributed by atoms with Crippen molar-refractivity contribution in [2.75, 3.05) is 0 Å². The Morgan fingerprint density at radius 1 is 1.25 bits per heavy atom. The number of nitrogens with zero attached hydrogens (tertiary/aromatic N) is 1. The van der Waals surface area contributed by atoms with E-state index in [9.17, 15) is 0 Å². The zero-order chi connectivity index (χ0) is 11.0. The summed E-state index contributed by atoms with van der Waals surface area (Å²) in [6, 6.07) is 8.64. The highest BCUT2D eigenvalue weighted by Crippen LogP contribution is 2.31. The molecule has 0 unspecified atom stereocenters. The Balaban J connectivity index is 0.00000128. The van der Waals surface area contributed by atoms with Gasteiger partial charge in [-0.2, -0.15) is 0 Å². The molecule has 0 aliphatic carbocycles. The van der Waals surface area contributed by atoms with Crippen LogP contribution in [0.15, 0.2) is 24.3 Å². The van der Waals surface area contributed by atoms with Crippen LogP contribution in [0.2, 0.25) is 0 Å². The lowest BCUT2D eigenvalue weighted by Crippen LogP contribution is -2.04. The van der Waals surface area contributed by atoms with Crippen LogP contribution in [0.25, 0.3) is 10.4 Å². The predicted octanol–water partition coefficient (Wildman–Crippen LogP) is 2.26. The maximum atomic E-state index is 5.81. The van der Waals surface area contributed by atoms with Crippen molar-refractivity contribution in [1.29, 1.82) is 0 Å². The Bertz CT molecular complexity index is 454. The molecule has 16 heavy (non-hydrogen) atoms. The van der Waals surface area contributed by atoms with E-state index in [0.29, 0.717) is 0 Å². The van der Waals surface area contributed by atoms with Gasteiger partial charge in [0.25, 0.3) is 0 Å². The zero-order valence-electron chi connectivity index (χ0n) is 9.82. The summed E-state index contributed by atoms with van der Waals surface area (Å²) < 4.78 is 2.18. The van der Waals surface area contributed by atoms with Crippen LogP contribution in [0.4, 0.5) is 0 Å². The minimum Gasteiger partial charge on any atom is -0.412 e. The second kappa shape index (κ2) is 4.82. The van der Waals surface area contributed by atoms with Gasteiger partial charge < -0.3 is 15.2 Å². The molecule has 0 bridgehead atoms. The van der Waals surface area contributed by atoms with Gasteiger partial charge in [-0.3, -0.25) is 0 Å². The highest BCUT2D eigenvalue weighted by molar-refractivity contribution is 7.11. The number of rotatable bonds is 2. The van der Waals surface area contributed by atoms with Crippen molar-refractivity contribution in [3.63, 3.8) is 0 Å². The first-order valence-corrected chi connectivity index (χ1v) is 5.85. The molecule has 0 amide bonds. The minimum absolute atomic E-state index is 0. The van der Waals surface area contributed by atoms with E-state index in [4.69, 9.17) is 5.73 Å². The van der Waals surface area contributed by atoms with Crippen molar-refractivity contribution in [1.82, 2.24) is 3.96 Å². The molecule has 0 radical (unpaired) electrons. The van der Waals surface area contributed by atoms with Crippen molar-refractivity contribution in [2.45, 2.75) is 19.9 Å². The summed E-state index contributed by atoms with van der Waals surface area (Å²) in [5.41, 5.74) is 9.63. The van der Waals surface area contributed by atoms with E-state index in [-0.39, 0.29) is 11.5 Å². The number of benzene rings is 1. The Morgan fingerprint density at radius 3 is 2.19 bits per heavy atom. The van der Waals surface area contributed by atoms with E-state index in [1.165, 1.54) is 21.7 Å². The molecule has 0 aliphatic rings. The van der Waals surface area contributed by atoms with Crippen LogP contribution in [0.3, 0.4) is 0 Å². The molecule has 4 heteroatoms. The Labute approximate surface area is 100.0 Å². The lowest BCUT2D eigenvalue weighted by molar-refractivity contribution is 0.818. The smallest absolute Gasteiger partial charge is 0.0715 e. The van der Waals surface area contributed by atoms with Crippen molar-refractivity contribution in [3.05, 3.63) is 35.5 Å². The molecule has 1 heterocycles. The molecule has 1 aromatic heterocycles. The third kappa shape index (κ3) is 2.19. The summed E-state index contributed by atoms with van der Waals surface area (Å²) in [5.74, 6) is 0. The second-order valence-corrected chi connectivity index (χ2v) is 5.05. The molecule has 0 aliphatic heterocycles. The van der Waals surface area contributed by atoms with Gasteiger partial charge in [0, 0.05) is 18.8 Å². The first-order chi connectivity index (χ1) is 7.09. The van der Waals surface area contributed by atoms with E-state index < -0.39 is 0 Å². The topological polar surface area (TPSA) is 62.5 Å². The molecule has 1 atom stereocenters. The van der Waals surface area contributed by atoms with Gasteiger partial charge in [-0.1, -0.05) is 35.8 Å². The standard InChI is InChI=1S/C12H16N2S.H2O/c1-8(13)10-4-6-11(7-5-10)12-9(2)14(3)15-12;/h4-8H,13H2,1-3H3;1H2/t8-;/m1./s1. The maximum absolute atomic E-state index is 5.81. The Hall–Kier alpha value is -1.10. The minimum atomic E-state index is 0. The SMILES string of the molecule is Cc1c(-c2ccc([C@@H](C)N)cc2)sn1C.O. The number of hydrogen-bond donors (Lipinski definition) is 1. The third-order valence-corrected chi connectivity index (χ3v) is 3.99. The second-order valence-electron chi connectivity index (χ2n) is 3.91. The van der Waals surface area contributed by atoms with Gasteiger partial charge in [0.1, 0.15) is 0 Å². The summed E-state index contributed by atoms with van der Waals surface area (Å²) in [5, 5.41) is 0. The van der Waals surface area contributed by atoms with Crippen LogP contribution in [0.5, 0.6) is 0 Å². The Kier molecular flexibility index (Phi) is 3.91. The summed E-state index contributed by atoms with van der Waals surface area (Å²) in [4.78, 5) is 1.37. The lowest BCUT2D eigenvalue weighted by atomic mass is 10.1. The highest BCUT2D eigenvalue weighted by atomic mass is 32.1. The predicted molar refractivity (Wildman–Crippen MR) is 69.7 cm³/mol. The molecule has 0 saturated carbocycles. The summed E-state index contributed by atoms with van der Waals surface area (Å²) >= 11 is 1.79. The van der Waals surface area contributed by atoms with Crippen molar-refractivity contribution in [3.8, 4) is 10.4 Å². The molecule has 0 spiro atoms. The van der Waals surface area contributed by atoms with Crippen LogP contribution in [-0.4, -0.2) is 9.43 Å². The normalized spacial score (nSPS) is 12.2. The number of nitrogens with two attached hydrogens (primary N) is 1. The zero-order valence-corrected chi connectivity index (χ0v) is 10.6. The van der Waals surface area contributed by atoms with Crippen LogP contribution in [0, 0.1) is 6.92 Å². The van der Waals surface area contributed by atoms with Gasteiger partial charge in [-0.25, -0.2) is 0 Å². The number of aryl methyl sites for hydroxylation is 1. The van der Waals surface area contributed by atoms with Gasteiger partial charge in [0.2, 0.25) is 0 Å². The van der Waals surface area contributed by atoms with E-state index in [1.807, 2.05) is 6.92 Å². The molecular formula is C12H18N2OS. The maximum Gasteiger partial charge on any atom is 0.0715 e. The molecule has 2 rings (SSSR count). The molecule has 1 aromatic carbocycles. The van der Waals surface area contributed by atoms with Crippen molar-refractivity contribution in [2.24, 2.45) is 12.8 Å². The van der Waals surface area contributed by atoms with Crippen molar-refractivity contribution >= 4 is 11.5 Å². The molecule has 4 N–H and O–H groups in total. The Morgan fingerprint density at radius 2 is 1.81 bits per heavy atom. The third-order valence-electron chi connectivity index (χ3n) is 2.73. The van der Waals surface area contributed by atoms with Crippen LogP contribution >= 0.6 is 11.5 Å². The summed E-state index contributed by atoms with van der Waals surface area (Å²) in [7, 11) is 2.08. The van der Waals surface area contributed by atoms with Gasteiger partial charge in [0.15, 0.2) is 0 Å². The fourth-order valence-electron chi connectivity index (χ4n) is 1.58. The van der Waals surface area contributed by atoms with E-state index in [0.717, 1.165) is 0 Å². The van der Waals surface area contributed by atoms with Gasteiger partial charge in [-0.05, 0) is 25.0 Å². The molecule has 2 aromatic rings. The first kappa shape index (κ1) is 13.0. The number of aromatic nitrogens is 1. The summed E-state index contributed by atoms with van der Waals surface area (Å²) in [6.45, 7) is 4.15. The largest absolute Gasteiger partial charge is 0.412 e. The van der Waals surface area contributed by atoms with E-state index in [2.05, 4.69) is 42.2 Å². The highest BCUT2D eigenvalue weighted by Gasteiger charge is 2.10. The van der Waals surface area contributed by atoms with Crippen molar-refractivity contribution < 1.29 is 5.48 Å².